The summed E-state index contributed by atoms with van der Waals surface area (Å²) < 4.78 is 27.6. The smallest absolute Gasteiger partial charge is 0.274 e. The van der Waals surface area contributed by atoms with Gasteiger partial charge in [-0.2, -0.15) is 0 Å². The topological polar surface area (TPSA) is 120 Å². The number of pyridine rings is 1. The summed E-state index contributed by atoms with van der Waals surface area (Å²) in [4.78, 5) is 16.3. The molecule has 1 aliphatic rings. The summed E-state index contributed by atoms with van der Waals surface area (Å²) in [6.07, 6.45) is 4.92. The van der Waals surface area contributed by atoms with Gasteiger partial charge in [0.1, 0.15) is 0 Å². The van der Waals surface area contributed by atoms with E-state index >= 15 is 0 Å². The van der Waals surface area contributed by atoms with Crippen molar-refractivity contribution in [2.24, 2.45) is 0 Å². The van der Waals surface area contributed by atoms with E-state index in [-0.39, 0.29) is 17.0 Å². The van der Waals surface area contributed by atoms with E-state index in [2.05, 4.69) is 16.1 Å². The number of hydroxylamine groups is 1. The Morgan fingerprint density at radius 3 is 2.53 bits per heavy atom. The Kier molecular flexibility index (Phi) is 6.69. The van der Waals surface area contributed by atoms with E-state index in [0.717, 1.165) is 48.0 Å². The van der Waals surface area contributed by atoms with Crippen LogP contribution in [0.15, 0.2) is 53.4 Å². The third-order valence-corrected chi connectivity index (χ3v) is 7.12. The Morgan fingerprint density at radius 2 is 1.75 bits per heavy atom. The van der Waals surface area contributed by atoms with Gasteiger partial charge in [0, 0.05) is 35.4 Å². The number of nitrogens with zero attached hydrogens (tertiary/aromatic N) is 1. The number of anilines is 1. The third-order valence-electron chi connectivity index (χ3n) is 5.65. The maximum atomic E-state index is 12.5. The van der Waals surface area contributed by atoms with E-state index in [9.17, 15) is 13.2 Å². The van der Waals surface area contributed by atoms with E-state index < -0.39 is 15.9 Å². The quantitative estimate of drug-likeness (QED) is 0.236. The molecule has 0 saturated carbocycles. The van der Waals surface area contributed by atoms with Crippen molar-refractivity contribution < 1.29 is 18.4 Å². The summed E-state index contributed by atoms with van der Waals surface area (Å²) in [5.74, 6) is -0.696. The Labute approximate surface area is 187 Å². The first-order valence-electron chi connectivity index (χ1n) is 10.7. The maximum absolute atomic E-state index is 12.5. The molecule has 0 radical (unpaired) electrons. The van der Waals surface area contributed by atoms with Crippen LogP contribution in [0.4, 0.5) is 5.69 Å². The largest absolute Gasteiger partial charge is 0.384 e. The molecule has 0 saturated heterocycles. The van der Waals surface area contributed by atoms with Crippen molar-refractivity contribution in [3.05, 3.63) is 65.4 Å². The van der Waals surface area contributed by atoms with Gasteiger partial charge in [0.25, 0.3) is 5.91 Å². The number of aryl methyl sites for hydroxylation is 1. The summed E-state index contributed by atoms with van der Waals surface area (Å²) in [6.45, 7) is 0.901. The minimum Gasteiger partial charge on any atom is -0.384 e. The van der Waals surface area contributed by atoms with Crippen LogP contribution in [0.25, 0.3) is 10.9 Å². The van der Waals surface area contributed by atoms with Crippen LogP contribution in [0, 0.1) is 0 Å². The van der Waals surface area contributed by atoms with Gasteiger partial charge in [0.2, 0.25) is 10.0 Å². The number of amides is 1. The predicted molar refractivity (Wildman–Crippen MR) is 122 cm³/mol. The van der Waals surface area contributed by atoms with Crippen LogP contribution in [-0.4, -0.2) is 37.6 Å². The predicted octanol–water partition coefficient (Wildman–Crippen LogP) is 3.01. The van der Waals surface area contributed by atoms with Crippen LogP contribution in [0.1, 0.15) is 40.9 Å². The molecule has 0 fully saturated rings. The number of aromatic nitrogens is 1. The van der Waals surface area contributed by atoms with Crippen LogP contribution in [-0.2, 0) is 22.9 Å². The van der Waals surface area contributed by atoms with Gasteiger partial charge in [-0.25, -0.2) is 18.6 Å². The van der Waals surface area contributed by atoms with Crippen molar-refractivity contribution >= 4 is 32.5 Å². The number of benzene rings is 2. The molecule has 8 nitrogen and oxygen atoms in total. The summed E-state index contributed by atoms with van der Waals surface area (Å²) in [6, 6.07) is 13.5. The summed E-state index contributed by atoms with van der Waals surface area (Å²) in [5, 5.41) is 13.3. The molecular weight excluding hydrogens is 428 g/mol. The average Bonchev–Trinajstić information content (AvgIpc) is 2.82. The maximum Gasteiger partial charge on any atom is 0.274 e. The number of carbonyl (C=O) groups is 1. The molecule has 0 atom stereocenters. The Morgan fingerprint density at radius 1 is 1.00 bits per heavy atom. The number of fused-ring (bicyclic) bond motifs is 2. The standard InChI is InChI=1S/C23H26N4O4S/c28-23(27-29)16-10-12-17(13-11-16)32(30,31)25-15-5-14-24-22-18-6-1-3-8-20(18)26-21-9-4-2-7-19(21)22/h1,3,6,8,10-13,25,29H,2,4-5,7,9,14-15H2,(H,24,26)(H,27,28). The van der Waals surface area contributed by atoms with Gasteiger partial charge >= 0.3 is 0 Å². The Bertz CT molecular complexity index is 1230. The van der Waals surface area contributed by atoms with E-state index in [4.69, 9.17) is 10.2 Å². The van der Waals surface area contributed by atoms with Crippen LogP contribution < -0.4 is 15.5 Å². The Balaban J connectivity index is 1.38. The number of hydrogen-bond donors (Lipinski definition) is 4. The fraction of sp³-hybridized carbons (Fsp3) is 0.304. The van der Waals surface area contributed by atoms with Crippen LogP contribution in [0.5, 0.6) is 0 Å². The van der Waals surface area contributed by atoms with Crippen molar-refractivity contribution in [1.29, 1.82) is 0 Å². The third kappa shape index (κ3) is 4.74. The molecule has 3 aromatic rings. The number of rotatable bonds is 8. The van der Waals surface area contributed by atoms with Crippen molar-refractivity contribution in [3.8, 4) is 0 Å². The second-order valence-corrected chi connectivity index (χ2v) is 9.55. The monoisotopic (exact) mass is 454 g/mol. The zero-order valence-electron chi connectivity index (χ0n) is 17.6. The van der Waals surface area contributed by atoms with Crippen LogP contribution in [0.2, 0.25) is 0 Å². The fourth-order valence-corrected chi connectivity index (χ4v) is 5.09. The molecule has 0 spiro atoms. The highest BCUT2D eigenvalue weighted by Gasteiger charge is 2.18. The van der Waals surface area contributed by atoms with Crippen molar-refractivity contribution in [3.63, 3.8) is 0 Å². The SMILES string of the molecule is O=C(NO)c1ccc(S(=O)(=O)NCCCNc2c3c(nc4ccccc24)CCCC3)cc1. The van der Waals surface area contributed by atoms with Gasteiger partial charge in [-0.3, -0.25) is 15.0 Å². The van der Waals surface area contributed by atoms with Gasteiger partial charge in [-0.1, -0.05) is 18.2 Å². The lowest BCUT2D eigenvalue weighted by atomic mass is 9.92. The first kappa shape index (κ1) is 22.2. The second kappa shape index (κ2) is 9.64. The summed E-state index contributed by atoms with van der Waals surface area (Å²) in [5.41, 5.74) is 6.23. The zero-order valence-corrected chi connectivity index (χ0v) is 18.4. The lowest BCUT2D eigenvalue weighted by Gasteiger charge is -2.21. The lowest BCUT2D eigenvalue weighted by molar-refractivity contribution is 0.0706. The highest BCUT2D eigenvalue weighted by Crippen LogP contribution is 2.33. The number of hydrogen-bond acceptors (Lipinski definition) is 6. The fourth-order valence-electron chi connectivity index (χ4n) is 4.02. The highest BCUT2D eigenvalue weighted by atomic mass is 32.2. The van der Waals surface area contributed by atoms with Gasteiger partial charge in [-0.15, -0.1) is 0 Å². The van der Waals surface area contributed by atoms with Crippen molar-refractivity contribution in [2.45, 2.75) is 37.0 Å². The van der Waals surface area contributed by atoms with Crippen LogP contribution >= 0.6 is 0 Å². The first-order chi connectivity index (χ1) is 15.5. The normalized spacial score (nSPS) is 13.5. The van der Waals surface area contributed by atoms with Crippen molar-refractivity contribution in [1.82, 2.24) is 15.2 Å². The number of para-hydroxylation sites is 1. The molecule has 1 aliphatic carbocycles. The van der Waals surface area contributed by atoms with E-state index in [1.165, 1.54) is 35.3 Å². The van der Waals surface area contributed by atoms with Gasteiger partial charge < -0.3 is 5.32 Å². The summed E-state index contributed by atoms with van der Waals surface area (Å²) in [7, 11) is -3.69. The van der Waals surface area contributed by atoms with Gasteiger partial charge in [0.05, 0.1) is 10.4 Å². The van der Waals surface area contributed by atoms with E-state index in [1.54, 1.807) is 0 Å². The van der Waals surface area contributed by atoms with Crippen LogP contribution in [0.3, 0.4) is 0 Å². The molecule has 0 bridgehead atoms. The minimum atomic E-state index is -3.69. The molecule has 2 aromatic carbocycles. The average molecular weight is 455 g/mol. The van der Waals surface area contributed by atoms with Gasteiger partial charge in [-0.05, 0) is 68.0 Å². The molecule has 0 unspecified atom stereocenters. The van der Waals surface area contributed by atoms with E-state index in [1.807, 2.05) is 18.2 Å². The van der Waals surface area contributed by atoms with Crippen molar-refractivity contribution in [2.75, 3.05) is 18.4 Å². The zero-order chi connectivity index (χ0) is 22.6. The number of carbonyl (C=O) groups excluding carboxylic acids is 1. The molecule has 4 N–H and O–H groups in total. The minimum absolute atomic E-state index is 0.0640. The molecule has 0 aliphatic heterocycles. The molecule has 9 heteroatoms. The highest BCUT2D eigenvalue weighted by molar-refractivity contribution is 7.89. The first-order valence-corrected chi connectivity index (χ1v) is 12.2. The second-order valence-electron chi connectivity index (χ2n) is 7.78. The molecule has 4 rings (SSSR count). The molecule has 1 heterocycles. The molecule has 32 heavy (non-hydrogen) atoms. The molecular formula is C23H26N4O4S. The van der Waals surface area contributed by atoms with Gasteiger partial charge in [0.15, 0.2) is 0 Å². The number of nitrogens with one attached hydrogen (secondary N) is 3. The molecule has 1 aromatic heterocycles. The molecule has 1 amide bonds. The molecule has 168 valence electrons. The lowest BCUT2D eigenvalue weighted by Crippen LogP contribution is -2.26. The number of sulfonamides is 1. The summed E-state index contributed by atoms with van der Waals surface area (Å²) >= 11 is 0. The Hall–Kier alpha value is -3.01. The van der Waals surface area contributed by atoms with E-state index in [0.29, 0.717) is 13.0 Å².